The summed E-state index contributed by atoms with van der Waals surface area (Å²) in [4.78, 5) is 20.0. The summed E-state index contributed by atoms with van der Waals surface area (Å²) in [6.45, 7) is 0. The van der Waals surface area contributed by atoms with Crippen LogP contribution in [0.4, 0.5) is 16.2 Å². The third kappa shape index (κ3) is 3.84. The number of nitrogens with zero attached hydrogens (tertiary/aromatic N) is 1. The van der Waals surface area contributed by atoms with Crippen molar-refractivity contribution < 1.29 is 14.3 Å². The van der Waals surface area contributed by atoms with E-state index in [1.807, 2.05) is 42.6 Å². The zero-order chi connectivity index (χ0) is 20.2. The molecule has 3 N–H and O–H groups in total. The number of carbonyl (C=O) groups is 1. The quantitative estimate of drug-likeness (QED) is 0.454. The van der Waals surface area contributed by atoms with Crippen molar-refractivity contribution in [3.05, 3.63) is 67.0 Å². The van der Waals surface area contributed by atoms with E-state index in [0.717, 1.165) is 22.2 Å². The molecule has 7 heteroatoms. The third-order valence-corrected chi connectivity index (χ3v) is 4.53. The lowest BCUT2D eigenvalue weighted by Gasteiger charge is -2.11. The number of hydrogen-bond donors (Lipinski definition) is 3. The number of fused-ring (bicyclic) bond motifs is 1. The summed E-state index contributed by atoms with van der Waals surface area (Å²) in [5.41, 5.74) is 5.21. The smallest absolute Gasteiger partial charge is 0.323 e. The second-order valence-electron chi connectivity index (χ2n) is 6.33. The highest BCUT2D eigenvalue weighted by Gasteiger charge is 2.09. The van der Waals surface area contributed by atoms with Gasteiger partial charge in [0.15, 0.2) is 11.5 Å². The van der Waals surface area contributed by atoms with E-state index in [2.05, 4.69) is 20.6 Å². The number of benzene rings is 2. The van der Waals surface area contributed by atoms with Crippen LogP contribution in [0.3, 0.4) is 0 Å². The molecule has 4 rings (SSSR count). The van der Waals surface area contributed by atoms with Gasteiger partial charge in [-0.15, -0.1) is 0 Å². The van der Waals surface area contributed by atoms with Crippen LogP contribution in [0.15, 0.2) is 67.0 Å². The van der Waals surface area contributed by atoms with Gasteiger partial charge in [0.25, 0.3) is 0 Å². The van der Waals surface area contributed by atoms with Crippen molar-refractivity contribution in [2.45, 2.75) is 0 Å². The highest BCUT2D eigenvalue weighted by Crippen LogP contribution is 2.30. The molecular formula is C22H20N4O3. The van der Waals surface area contributed by atoms with Gasteiger partial charge in [-0.2, -0.15) is 0 Å². The van der Waals surface area contributed by atoms with Crippen molar-refractivity contribution >= 4 is 28.4 Å². The summed E-state index contributed by atoms with van der Waals surface area (Å²) in [5.74, 6) is 1.14. The molecule has 2 aromatic heterocycles. The van der Waals surface area contributed by atoms with Gasteiger partial charge in [0.1, 0.15) is 0 Å². The number of H-pyrrole nitrogens is 1. The highest BCUT2D eigenvalue weighted by atomic mass is 16.5. The van der Waals surface area contributed by atoms with Gasteiger partial charge in [-0.3, -0.25) is 4.98 Å². The zero-order valence-corrected chi connectivity index (χ0v) is 16.0. The van der Waals surface area contributed by atoms with E-state index in [1.165, 1.54) is 0 Å². The Hall–Kier alpha value is -4.00. The van der Waals surface area contributed by atoms with Crippen molar-refractivity contribution in [2.24, 2.45) is 0 Å². The molecule has 0 fully saturated rings. The van der Waals surface area contributed by atoms with Crippen LogP contribution in [0.2, 0.25) is 0 Å². The Bertz CT molecular complexity index is 1150. The molecule has 7 nitrogen and oxygen atoms in total. The molecule has 2 heterocycles. The summed E-state index contributed by atoms with van der Waals surface area (Å²) >= 11 is 0. The summed E-state index contributed by atoms with van der Waals surface area (Å²) in [5, 5.41) is 5.60. The molecule has 0 bridgehead atoms. The molecule has 0 unspecified atom stereocenters. The van der Waals surface area contributed by atoms with Crippen molar-refractivity contribution in [2.75, 3.05) is 24.9 Å². The summed E-state index contributed by atoms with van der Waals surface area (Å²) in [6.07, 6.45) is 3.71. The molecular weight excluding hydrogens is 368 g/mol. The Morgan fingerprint density at radius 1 is 0.931 bits per heavy atom. The number of nitrogens with one attached hydrogen (secondary N) is 3. The average molecular weight is 388 g/mol. The molecule has 0 aliphatic rings. The van der Waals surface area contributed by atoms with Gasteiger partial charge in [0.2, 0.25) is 0 Å². The minimum atomic E-state index is -0.348. The maximum Gasteiger partial charge on any atom is 0.323 e. The number of pyridine rings is 1. The maximum atomic E-state index is 12.3. The number of aromatic nitrogens is 2. The predicted octanol–water partition coefficient (Wildman–Crippen LogP) is 4.89. The van der Waals surface area contributed by atoms with Crippen LogP contribution >= 0.6 is 0 Å². The molecule has 2 aromatic carbocycles. The molecule has 0 aliphatic heterocycles. The number of hydrogen-bond acceptors (Lipinski definition) is 4. The Labute approximate surface area is 167 Å². The Kier molecular flexibility index (Phi) is 5.03. The van der Waals surface area contributed by atoms with Gasteiger partial charge in [0, 0.05) is 35.4 Å². The van der Waals surface area contributed by atoms with Crippen molar-refractivity contribution in [3.63, 3.8) is 0 Å². The van der Waals surface area contributed by atoms with Crippen LogP contribution < -0.4 is 20.1 Å². The number of carbonyl (C=O) groups excluding carboxylic acids is 1. The lowest BCUT2D eigenvalue weighted by Crippen LogP contribution is -2.19. The molecule has 0 spiro atoms. The lowest BCUT2D eigenvalue weighted by atomic mass is 10.1. The maximum absolute atomic E-state index is 12.3. The Morgan fingerprint density at radius 3 is 2.41 bits per heavy atom. The first-order chi connectivity index (χ1) is 14.2. The zero-order valence-electron chi connectivity index (χ0n) is 16.0. The molecule has 0 saturated heterocycles. The van der Waals surface area contributed by atoms with Crippen LogP contribution in [0, 0.1) is 0 Å². The lowest BCUT2D eigenvalue weighted by molar-refractivity contribution is 0.262. The molecule has 0 radical (unpaired) electrons. The molecule has 4 aromatic rings. The molecule has 29 heavy (non-hydrogen) atoms. The number of aromatic amines is 1. The summed E-state index contributed by atoms with van der Waals surface area (Å²) < 4.78 is 10.5. The number of anilines is 2. The second kappa shape index (κ2) is 7.93. The Morgan fingerprint density at radius 2 is 1.66 bits per heavy atom. The first-order valence-electron chi connectivity index (χ1n) is 9.00. The number of ether oxygens (including phenoxy) is 2. The summed E-state index contributed by atoms with van der Waals surface area (Å²) in [7, 11) is 3.11. The van der Waals surface area contributed by atoms with E-state index in [1.54, 1.807) is 38.6 Å². The minimum absolute atomic E-state index is 0.348. The van der Waals surface area contributed by atoms with E-state index in [4.69, 9.17) is 9.47 Å². The predicted molar refractivity (Wildman–Crippen MR) is 114 cm³/mol. The fraction of sp³-hybridized carbons (Fsp3) is 0.0909. The van der Waals surface area contributed by atoms with Crippen molar-refractivity contribution in [1.82, 2.24) is 9.97 Å². The van der Waals surface area contributed by atoms with Crippen LogP contribution in [-0.4, -0.2) is 30.2 Å². The van der Waals surface area contributed by atoms with E-state index in [0.29, 0.717) is 22.9 Å². The van der Waals surface area contributed by atoms with Gasteiger partial charge in [-0.05, 0) is 42.0 Å². The van der Waals surface area contributed by atoms with Crippen LogP contribution in [0.25, 0.3) is 22.2 Å². The largest absolute Gasteiger partial charge is 0.493 e. The molecule has 0 atom stereocenters. The standard InChI is InChI=1S/C22H20N4O3/c1-28-19-10-9-16(12-20(19)29-2)26-22(27)25-15-7-5-14(6-8-15)17-13-24-18-4-3-11-23-21(17)18/h3-13,24H,1-2H3,(H2,25,26,27). The van der Waals surface area contributed by atoms with E-state index >= 15 is 0 Å². The van der Waals surface area contributed by atoms with E-state index in [9.17, 15) is 4.79 Å². The number of methoxy groups -OCH3 is 2. The minimum Gasteiger partial charge on any atom is -0.493 e. The normalized spacial score (nSPS) is 10.6. The number of rotatable bonds is 5. The summed E-state index contributed by atoms with van der Waals surface area (Å²) in [6, 6.07) is 16.3. The molecule has 146 valence electrons. The number of amides is 2. The monoisotopic (exact) mass is 388 g/mol. The van der Waals surface area contributed by atoms with Crippen molar-refractivity contribution in [3.8, 4) is 22.6 Å². The topological polar surface area (TPSA) is 88.3 Å². The first kappa shape index (κ1) is 18.4. The molecule has 0 saturated carbocycles. The van der Waals surface area contributed by atoms with Crippen LogP contribution in [0.5, 0.6) is 11.5 Å². The van der Waals surface area contributed by atoms with Crippen molar-refractivity contribution in [1.29, 1.82) is 0 Å². The van der Waals surface area contributed by atoms with Gasteiger partial charge in [-0.25, -0.2) is 4.79 Å². The van der Waals surface area contributed by atoms with E-state index in [-0.39, 0.29) is 6.03 Å². The van der Waals surface area contributed by atoms with E-state index < -0.39 is 0 Å². The first-order valence-corrected chi connectivity index (χ1v) is 9.00. The highest BCUT2D eigenvalue weighted by molar-refractivity contribution is 6.00. The fourth-order valence-corrected chi connectivity index (χ4v) is 3.12. The fourth-order valence-electron chi connectivity index (χ4n) is 3.12. The molecule has 0 aliphatic carbocycles. The number of urea groups is 1. The van der Waals surface area contributed by atoms with Gasteiger partial charge in [-0.1, -0.05) is 12.1 Å². The molecule has 2 amide bonds. The van der Waals surface area contributed by atoms with Gasteiger partial charge in [0.05, 0.1) is 25.3 Å². The van der Waals surface area contributed by atoms with Gasteiger partial charge >= 0.3 is 6.03 Å². The third-order valence-electron chi connectivity index (χ3n) is 4.53. The Balaban J connectivity index is 1.45. The average Bonchev–Trinajstić information content (AvgIpc) is 3.18. The SMILES string of the molecule is COc1ccc(NC(=O)Nc2ccc(-c3c[nH]c4cccnc34)cc2)cc1OC. The van der Waals surface area contributed by atoms with Gasteiger partial charge < -0.3 is 25.1 Å². The second-order valence-corrected chi connectivity index (χ2v) is 6.33. The van der Waals surface area contributed by atoms with Crippen LogP contribution in [0.1, 0.15) is 0 Å². The van der Waals surface area contributed by atoms with Crippen LogP contribution in [-0.2, 0) is 0 Å².